The van der Waals surface area contributed by atoms with Crippen LogP contribution in [0.2, 0.25) is 0 Å². The van der Waals surface area contributed by atoms with Crippen molar-refractivity contribution in [2.75, 3.05) is 0 Å². The molecule has 0 spiro atoms. The van der Waals surface area contributed by atoms with Crippen molar-refractivity contribution in [3.05, 3.63) is 52.1 Å². The fourth-order valence-corrected chi connectivity index (χ4v) is 2.90. The predicted molar refractivity (Wildman–Crippen MR) is 100 cm³/mol. The fourth-order valence-electron chi connectivity index (χ4n) is 2.90. The Kier molecular flexibility index (Phi) is 4.88. The van der Waals surface area contributed by atoms with Crippen molar-refractivity contribution in [3.63, 3.8) is 0 Å². The van der Waals surface area contributed by atoms with Gasteiger partial charge in [0.2, 0.25) is 5.91 Å². The van der Waals surface area contributed by atoms with Crippen LogP contribution in [0.3, 0.4) is 0 Å². The molecule has 2 aromatic heterocycles. The zero-order valence-electron chi connectivity index (χ0n) is 15.5. The lowest BCUT2D eigenvalue weighted by molar-refractivity contribution is -0.122. The number of hydrogen-bond acceptors (Lipinski definition) is 4. The molecule has 0 bridgehead atoms. The highest BCUT2D eigenvalue weighted by molar-refractivity contribution is 5.83. The van der Waals surface area contributed by atoms with Gasteiger partial charge in [-0.1, -0.05) is 25.1 Å². The number of fused-ring (bicyclic) bond motifs is 1. The van der Waals surface area contributed by atoms with Gasteiger partial charge in [-0.2, -0.15) is 10.2 Å². The molecule has 0 aliphatic carbocycles. The first-order valence-electron chi connectivity index (χ1n) is 8.74. The predicted octanol–water partition coefficient (Wildman–Crippen LogP) is 2.11. The van der Waals surface area contributed by atoms with Crippen LogP contribution in [0.5, 0.6) is 0 Å². The van der Waals surface area contributed by atoms with Gasteiger partial charge in [-0.25, -0.2) is 9.36 Å². The van der Waals surface area contributed by atoms with Crippen LogP contribution in [0.4, 0.5) is 0 Å². The van der Waals surface area contributed by atoms with Crippen molar-refractivity contribution in [2.24, 2.45) is 0 Å². The molecule has 136 valence electrons. The highest BCUT2D eigenvalue weighted by atomic mass is 16.2. The van der Waals surface area contributed by atoms with Crippen LogP contribution >= 0.6 is 0 Å². The standard InChI is InChI=1S/C19H23N5O2/c1-5-12(2)20-16(25)11-23-19(26)17-14(4)24(15-9-7-6-8-10-15)22-18(17)13(3)21-23/h6-10,12H,5,11H2,1-4H3,(H,20,25). The maximum atomic E-state index is 12.9. The summed E-state index contributed by atoms with van der Waals surface area (Å²) >= 11 is 0. The first-order chi connectivity index (χ1) is 12.4. The van der Waals surface area contributed by atoms with Gasteiger partial charge in [0, 0.05) is 6.04 Å². The third kappa shape index (κ3) is 3.24. The zero-order chi connectivity index (χ0) is 18.8. The van der Waals surface area contributed by atoms with Crippen LogP contribution in [-0.4, -0.2) is 31.5 Å². The molecule has 3 rings (SSSR count). The van der Waals surface area contributed by atoms with Gasteiger partial charge in [-0.3, -0.25) is 9.59 Å². The highest BCUT2D eigenvalue weighted by Crippen LogP contribution is 2.19. The van der Waals surface area contributed by atoms with Crippen molar-refractivity contribution in [3.8, 4) is 5.69 Å². The van der Waals surface area contributed by atoms with E-state index in [1.54, 1.807) is 11.6 Å². The molecular weight excluding hydrogens is 330 g/mol. The van der Waals surface area contributed by atoms with Gasteiger partial charge in [-0.15, -0.1) is 0 Å². The lowest BCUT2D eigenvalue weighted by atomic mass is 10.2. The van der Waals surface area contributed by atoms with E-state index >= 15 is 0 Å². The lowest BCUT2D eigenvalue weighted by Gasteiger charge is -2.12. The van der Waals surface area contributed by atoms with Crippen molar-refractivity contribution < 1.29 is 4.79 Å². The van der Waals surface area contributed by atoms with Gasteiger partial charge in [0.15, 0.2) is 0 Å². The fraction of sp³-hybridized carbons (Fsp3) is 0.368. The van der Waals surface area contributed by atoms with E-state index in [4.69, 9.17) is 0 Å². The lowest BCUT2D eigenvalue weighted by Crippen LogP contribution is -2.38. The molecule has 3 aromatic rings. The van der Waals surface area contributed by atoms with Gasteiger partial charge in [-0.05, 0) is 39.3 Å². The van der Waals surface area contributed by atoms with Crippen molar-refractivity contribution in [1.82, 2.24) is 24.9 Å². The summed E-state index contributed by atoms with van der Waals surface area (Å²) < 4.78 is 2.96. The smallest absolute Gasteiger partial charge is 0.278 e. The van der Waals surface area contributed by atoms with Gasteiger partial charge >= 0.3 is 0 Å². The van der Waals surface area contributed by atoms with Gasteiger partial charge in [0.1, 0.15) is 12.1 Å². The Morgan fingerprint density at radius 1 is 1.19 bits per heavy atom. The van der Waals surface area contributed by atoms with Crippen LogP contribution in [0, 0.1) is 13.8 Å². The Hall–Kier alpha value is -2.96. The third-order valence-corrected chi connectivity index (χ3v) is 4.49. The third-order valence-electron chi connectivity index (χ3n) is 4.49. The summed E-state index contributed by atoms with van der Waals surface area (Å²) in [5.74, 6) is -0.221. The highest BCUT2D eigenvalue weighted by Gasteiger charge is 2.18. The average molecular weight is 353 g/mol. The monoisotopic (exact) mass is 353 g/mol. The average Bonchev–Trinajstić information content (AvgIpc) is 2.98. The molecule has 0 fully saturated rings. The Morgan fingerprint density at radius 3 is 2.54 bits per heavy atom. The molecule has 1 aromatic carbocycles. The quantitative estimate of drug-likeness (QED) is 0.762. The molecule has 0 aliphatic rings. The van der Waals surface area contributed by atoms with E-state index in [1.807, 2.05) is 51.1 Å². The molecule has 0 saturated heterocycles. The Morgan fingerprint density at radius 2 is 1.88 bits per heavy atom. The molecule has 7 heteroatoms. The second-order valence-electron chi connectivity index (χ2n) is 6.48. The summed E-state index contributed by atoms with van der Waals surface area (Å²) in [6, 6.07) is 9.69. The largest absolute Gasteiger partial charge is 0.352 e. The molecule has 1 amide bonds. The van der Waals surface area contributed by atoms with Crippen LogP contribution in [0.25, 0.3) is 16.6 Å². The summed E-state index contributed by atoms with van der Waals surface area (Å²) in [4.78, 5) is 25.1. The van der Waals surface area contributed by atoms with Crippen LogP contribution in [0.1, 0.15) is 31.7 Å². The number of carbonyl (C=O) groups is 1. The second-order valence-corrected chi connectivity index (χ2v) is 6.48. The molecule has 0 saturated carbocycles. The van der Waals surface area contributed by atoms with Crippen molar-refractivity contribution >= 4 is 16.8 Å². The number of rotatable bonds is 5. The maximum absolute atomic E-state index is 12.9. The van der Waals surface area contributed by atoms with Crippen molar-refractivity contribution in [1.29, 1.82) is 0 Å². The number of benzene rings is 1. The van der Waals surface area contributed by atoms with Gasteiger partial charge in [0.25, 0.3) is 5.56 Å². The second kappa shape index (κ2) is 7.11. The van der Waals surface area contributed by atoms with Crippen LogP contribution in [-0.2, 0) is 11.3 Å². The number of nitrogens with zero attached hydrogens (tertiary/aromatic N) is 4. The molecule has 26 heavy (non-hydrogen) atoms. The summed E-state index contributed by atoms with van der Waals surface area (Å²) in [7, 11) is 0. The number of para-hydroxylation sites is 1. The van der Waals surface area contributed by atoms with Gasteiger partial charge in [0.05, 0.1) is 22.5 Å². The number of hydrogen-bond donors (Lipinski definition) is 1. The summed E-state index contributed by atoms with van der Waals surface area (Å²) in [5, 5.41) is 12.2. The molecule has 1 atom stereocenters. The van der Waals surface area contributed by atoms with Crippen LogP contribution in [0.15, 0.2) is 35.1 Å². The minimum Gasteiger partial charge on any atom is -0.352 e. The Labute approximate surface area is 151 Å². The van der Waals surface area contributed by atoms with E-state index in [-0.39, 0.29) is 24.1 Å². The maximum Gasteiger partial charge on any atom is 0.278 e. The Balaban J connectivity index is 2.06. The van der Waals surface area contributed by atoms with E-state index in [9.17, 15) is 9.59 Å². The summed E-state index contributed by atoms with van der Waals surface area (Å²) in [6.45, 7) is 7.47. The Bertz CT molecular complexity index is 1000. The van der Waals surface area contributed by atoms with Crippen molar-refractivity contribution in [2.45, 2.75) is 46.7 Å². The normalized spacial score (nSPS) is 12.3. The van der Waals surface area contributed by atoms with E-state index in [2.05, 4.69) is 15.5 Å². The topological polar surface area (TPSA) is 81.8 Å². The van der Waals surface area contributed by atoms with E-state index in [0.717, 1.165) is 17.8 Å². The minimum absolute atomic E-state index is 0.0607. The number of nitrogens with one attached hydrogen (secondary N) is 1. The molecule has 0 radical (unpaired) electrons. The van der Waals surface area contributed by atoms with Crippen LogP contribution < -0.4 is 10.9 Å². The summed E-state index contributed by atoms with van der Waals surface area (Å²) in [5.41, 5.74) is 2.49. The molecule has 1 N–H and O–H groups in total. The molecule has 1 unspecified atom stereocenters. The zero-order valence-corrected chi connectivity index (χ0v) is 15.5. The van der Waals surface area contributed by atoms with E-state index in [1.165, 1.54) is 4.68 Å². The molecule has 7 nitrogen and oxygen atoms in total. The first kappa shape index (κ1) is 17.8. The van der Waals surface area contributed by atoms with Gasteiger partial charge < -0.3 is 5.32 Å². The molecule has 0 aliphatic heterocycles. The molecular formula is C19H23N5O2. The number of carbonyl (C=O) groups excluding carboxylic acids is 1. The molecule has 2 heterocycles. The number of aromatic nitrogens is 4. The van der Waals surface area contributed by atoms with E-state index in [0.29, 0.717) is 16.6 Å². The first-order valence-corrected chi connectivity index (χ1v) is 8.74. The van der Waals surface area contributed by atoms with E-state index < -0.39 is 0 Å². The summed E-state index contributed by atoms with van der Waals surface area (Å²) in [6.07, 6.45) is 0.828. The number of aryl methyl sites for hydroxylation is 2. The minimum atomic E-state index is -0.301. The number of amides is 1. The SMILES string of the molecule is CCC(C)NC(=O)Cn1nc(C)c2nn(-c3ccccc3)c(C)c2c1=O.